The van der Waals surface area contributed by atoms with Crippen molar-refractivity contribution in [3.63, 3.8) is 0 Å². The van der Waals surface area contributed by atoms with Crippen molar-refractivity contribution in [3.8, 4) is 5.75 Å². The molecular weight excluding hydrogens is 286 g/mol. The van der Waals surface area contributed by atoms with Crippen LogP contribution in [0.15, 0.2) is 22.7 Å². The van der Waals surface area contributed by atoms with Crippen LogP contribution in [0.4, 0.5) is 0 Å². The largest absolute Gasteiger partial charge is 0.493 e. The van der Waals surface area contributed by atoms with E-state index >= 15 is 0 Å². The van der Waals surface area contributed by atoms with Gasteiger partial charge in [0.2, 0.25) is 5.91 Å². The summed E-state index contributed by atoms with van der Waals surface area (Å²) in [5.74, 6) is 0.525. The van der Waals surface area contributed by atoms with Gasteiger partial charge in [-0.1, -0.05) is 22.0 Å². The third-order valence-electron chi connectivity index (χ3n) is 2.29. The number of aliphatic hydroxyl groups is 1. The molecule has 0 heterocycles. The van der Waals surface area contributed by atoms with Gasteiger partial charge in [-0.15, -0.1) is 0 Å². The van der Waals surface area contributed by atoms with Gasteiger partial charge in [0.1, 0.15) is 5.75 Å². The molecule has 1 aromatic carbocycles. The van der Waals surface area contributed by atoms with Crippen LogP contribution in [0.25, 0.3) is 0 Å². The third kappa shape index (κ3) is 4.36. The lowest BCUT2D eigenvalue weighted by atomic mass is 10.1. The van der Waals surface area contributed by atoms with Crippen LogP contribution in [-0.4, -0.2) is 24.7 Å². The maximum absolute atomic E-state index is 11.0. The molecule has 0 spiro atoms. The molecular formula is C12H16BrNO3. The van der Waals surface area contributed by atoms with Gasteiger partial charge in [-0.25, -0.2) is 0 Å². The molecule has 0 radical (unpaired) electrons. The number of amides is 1. The SMILES string of the molecule is CNC(=O)CCOc1cc(Br)ccc1[C@@H](C)O. The number of aliphatic hydroxyl groups excluding tert-OH is 1. The summed E-state index contributed by atoms with van der Waals surface area (Å²) in [6.45, 7) is 1.96. The first-order valence-corrected chi connectivity index (χ1v) is 6.14. The van der Waals surface area contributed by atoms with Crippen LogP contribution in [0, 0.1) is 0 Å². The van der Waals surface area contributed by atoms with Crippen molar-refractivity contribution < 1.29 is 14.6 Å². The van der Waals surface area contributed by atoms with E-state index in [0.29, 0.717) is 17.7 Å². The molecule has 0 aliphatic heterocycles. The summed E-state index contributed by atoms with van der Waals surface area (Å²) in [7, 11) is 1.59. The van der Waals surface area contributed by atoms with Crippen LogP contribution >= 0.6 is 15.9 Å². The topological polar surface area (TPSA) is 58.6 Å². The van der Waals surface area contributed by atoms with Crippen molar-refractivity contribution in [1.29, 1.82) is 0 Å². The summed E-state index contributed by atoms with van der Waals surface area (Å²) >= 11 is 3.34. The molecule has 0 saturated carbocycles. The van der Waals surface area contributed by atoms with Gasteiger partial charge in [-0.2, -0.15) is 0 Å². The Kier molecular flexibility index (Phi) is 5.44. The van der Waals surface area contributed by atoms with Gasteiger partial charge in [0.15, 0.2) is 0 Å². The second-order valence-corrected chi connectivity index (χ2v) is 4.55. The fraction of sp³-hybridized carbons (Fsp3) is 0.417. The molecule has 0 aliphatic carbocycles. The van der Waals surface area contributed by atoms with Crippen molar-refractivity contribution in [1.82, 2.24) is 5.32 Å². The van der Waals surface area contributed by atoms with Gasteiger partial charge in [0, 0.05) is 17.1 Å². The molecule has 5 heteroatoms. The van der Waals surface area contributed by atoms with Gasteiger partial charge in [0.05, 0.1) is 19.1 Å². The maximum Gasteiger partial charge on any atom is 0.223 e. The molecule has 1 amide bonds. The number of rotatable bonds is 5. The van der Waals surface area contributed by atoms with E-state index in [4.69, 9.17) is 4.74 Å². The molecule has 0 aromatic heterocycles. The van der Waals surface area contributed by atoms with Crippen LogP contribution in [0.5, 0.6) is 5.75 Å². The summed E-state index contributed by atoms with van der Waals surface area (Å²) in [5.41, 5.74) is 0.713. The molecule has 0 aliphatic rings. The van der Waals surface area contributed by atoms with E-state index in [9.17, 15) is 9.90 Å². The zero-order valence-corrected chi connectivity index (χ0v) is 11.5. The molecule has 0 bridgehead atoms. The number of carbonyl (C=O) groups is 1. The molecule has 2 N–H and O–H groups in total. The highest BCUT2D eigenvalue weighted by Crippen LogP contribution is 2.28. The molecule has 1 atom stereocenters. The lowest BCUT2D eigenvalue weighted by Gasteiger charge is -2.13. The fourth-order valence-corrected chi connectivity index (χ4v) is 1.70. The Hall–Kier alpha value is -1.07. The third-order valence-corrected chi connectivity index (χ3v) is 2.78. The highest BCUT2D eigenvalue weighted by molar-refractivity contribution is 9.10. The van der Waals surface area contributed by atoms with E-state index in [2.05, 4.69) is 21.2 Å². The Labute approximate surface area is 109 Å². The normalized spacial score (nSPS) is 12.0. The van der Waals surface area contributed by atoms with Gasteiger partial charge in [-0.05, 0) is 19.1 Å². The number of carbonyl (C=O) groups excluding carboxylic acids is 1. The summed E-state index contributed by atoms with van der Waals surface area (Å²) in [6, 6.07) is 5.42. The van der Waals surface area contributed by atoms with E-state index in [-0.39, 0.29) is 12.5 Å². The van der Waals surface area contributed by atoms with Crippen LogP contribution in [0.3, 0.4) is 0 Å². The lowest BCUT2D eigenvalue weighted by Crippen LogP contribution is -2.20. The van der Waals surface area contributed by atoms with Gasteiger partial charge < -0.3 is 15.2 Å². The van der Waals surface area contributed by atoms with Crippen LogP contribution in [-0.2, 0) is 4.79 Å². The zero-order chi connectivity index (χ0) is 12.8. The van der Waals surface area contributed by atoms with E-state index in [1.54, 1.807) is 26.1 Å². The van der Waals surface area contributed by atoms with Gasteiger partial charge in [-0.3, -0.25) is 4.79 Å². The molecule has 0 fully saturated rings. The summed E-state index contributed by atoms with van der Waals surface area (Å²) < 4.78 is 6.37. The number of halogens is 1. The average molecular weight is 302 g/mol. The molecule has 0 unspecified atom stereocenters. The smallest absolute Gasteiger partial charge is 0.223 e. The fourth-order valence-electron chi connectivity index (χ4n) is 1.36. The van der Waals surface area contributed by atoms with E-state index in [1.165, 1.54) is 0 Å². The maximum atomic E-state index is 11.0. The first-order valence-electron chi connectivity index (χ1n) is 5.35. The van der Waals surface area contributed by atoms with E-state index < -0.39 is 6.10 Å². The van der Waals surface area contributed by atoms with Crippen LogP contribution in [0.1, 0.15) is 25.0 Å². The standard InChI is InChI=1S/C12H16BrNO3/c1-8(15)10-4-3-9(13)7-11(10)17-6-5-12(16)14-2/h3-4,7-8,15H,5-6H2,1-2H3,(H,14,16)/t8-/m1/s1. The molecule has 1 aromatic rings. The summed E-state index contributed by atoms with van der Waals surface area (Å²) in [6.07, 6.45) is -0.305. The predicted molar refractivity (Wildman–Crippen MR) is 69.0 cm³/mol. The van der Waals surface area contributed by atoms with Gasteiger partial charge in [0.25, 0.3) is 0 Å². The van der Waals surface area contributed by atoms with Crippen molar-refractivity contribution in [2.75, 3.05) is 13.7 Å². The highest BCUT2D eigenvalue weighted by atomic mass is 79.9. The number of benzene rings is 1. The molecule has 4 nitrogen and oxygen atoms in total. The van der Waals surface area contributed by atoms with Crippen molar-refractivity contribution >= 4 is 21.8 Å². The Morgan fingerprint density at radius 3 is 2.88 bits per heavy atom. The Bertz CT molecular complexity index is 393. The van der Waals surface area contributed by atoms with Crippen LogP contribution < -0.4 is 10.1 Å². The monoisotopic (exact) mass is 301 g/mol. The van der Waals surface area contributed by atoms with Crippen molar-refractivity contribution in [2.45, 2.75) is 19.4 Å². The number of hydrogen-bond acceptors (Lipinski definition) is 3. The van der Waals surface area contributed by atoms with Gasteiger partial charge >= 0.3 is 0 Å². The first kappa shape index (κ1) is 14.0. The Morgan fingerprint density at radius 1 is 1.59 bits per heavy atom. The zero-order valence-electron chi connectivity index (χ0n) is 9.87. The minimum Gasteiger partial charge on any atom is -0.493 e. The van der Waals surface area contributed by atoms with E-state index in [1.807, 2.05) is 6.07 Å². The minimum atomic E-state index is -0.599. The quantitative estimate of drug-likeness (QED) is 0.875. The van der Waals surface area contributed by atoms with Crippen molar-refractivity contribution in [2.24, 2.45) is 0 Å². The summed E-state index contributed by atoms with van der Waals surface area (Å²) in [5, 5.41) is 12.1. The highest BCUT2D eigenvalue weighted by Gasteiger charge is 2.10. The second-order valence-electron chi connectivity index (χ2n) is 3.63. The lowest BCUT2D eigenvalue weighted by molar-refractivity contribution is -0.121. The second kappa shape index (κ2) is 6.61. The molecule has 0 saturated heterocycles. The van der Waals surface area contributed by atoms with Crippen molar-refractivity contribution in [3.05, 3.63) is 28.2 Å². The van der Waals surface area contributed by atoms with Crippen LogP contribution in [0.2, 0.25) is 0 Å². The number of hydrogen-bond donors (Lipinski definition) is 2. The Morgan fingerprint density at radius 2 is 2.29 bits per heavy atom. The first-order chi connectivity index (χ1) is 8.04. The molecule has 1 rings (SSSR count). The average Bonchev–Trinajstić information content (AvgIpc) is 2.28. The Balaban J connectivity index is 2.68. The number of ether oxygens (including phenoxy) is 1. The minimum absolute atomic E-state index is 0.0707. The molecule has 17 heavy (non-hydrogen) atoms. The number of nitrogens with one attached hydrogen (secondary N) is 1. The molecule has 94 valence electrons. The van der Waals surface area contributed by atoms with E-state index in [0.717, 1.165) is 4.47 Å². The predicted octanol–water partition coefficient (Wildman–Crippen LogP) is 2.02. The summed E-state index contributed by atoms with van der Waals surface area (Å²) in [4.78, 5) is 11.0.